The van der Waals surface area contributed by atoms with E-state index in [9.17, 15) is 4.79 Å². The molecule has 1 aliphatic heterocycles. The fourth-order valence-corrected chi connectivity index (χ4v) is 1.95. The van der Waals surface area contributed by atoms with E-state index in [2.05, 4.69) is 11.4 Å². The topological polar surface area (TPSA) is 56.1 Å². The Bertz CT molecular complexity index is 450. The third-order valence-electron chi connectivity index (χ3n) is 2.85. The molecule has 4 nitrogen and oxygen atoms in total. The van der Waals surface area contributed by atoms with Crippen LogP contribution in [-0.4, -0.2) is 25.5 Å². The summed E-state index contributed by atoms with van der Waals surface area (Å²) in [5, 5.41) is 12.0. The molecular weight excluding hydrogens is 214 g/mol. The Morgan fingerprint density at radius 3 is 3.06 bits per heavy atom. The third-order valence-corrected chi connectivity index (χ3v) is 2.85. The second-order valence-corrected chi connectivity index (χ2v) is 4.09. The lowest BCUT2D eigenvalue weighted by Crippen LogP contribution is -2.41. The summed E-state index contributed by atoms with van der Waals surface area (Å²) in [5.74, 6) is 0.0692. The van der Waals surface area contributed by atoms with Gasteiger partial charge in [-0.15, -0.1) is 0 Å². The van der Waals surface area contributed by atoms with Crippen LogP contribution in [0.2, 0.25) is 0 Å². The molecule has 0 saturated carbocycles. The van der Waals surface area contributed by atoms with Gasteiger partial charge in [-0.1, -0.05) is 6.07 Å². The fourth-order valence-electron chi connectivity index (χ4n) is 1.95. The van der Waals surface area contributed by atoms with Gasteiger partial charge in [0, 0.05) is 12.2 Å². The summed E-state index contributed by atoms with van der Waals surface area (Å²) >= 11 is 0. The van der Waals surface area contributed by atoms with Crippen LogP contribution in [0.4, 0.5) is 5.69 Å². The number of carbonyl (C=O) groups excluding carboxylic acids is 1. The molecule has 1 aromatic rings. The van der Waals surface area contributed by atoms with Crippen LogP contribution in [0.5, 0.6) is 0 Å². The Hall–Kier alpha value is -1.86. The lowest BCUT2D eigenvalue weighted by molar-refractivity contribution is -0.118. The average molecular weight is 229 g/mol. The van der Waals surface area contributed by atoms with Crippen molar-refractivity contribution in [2.75, 3.05) is 24.5 Å². The first-order chi connectivity index (χ1) is 8.31. The highest BCUT2D eigenvalue weighted by atomic mass is 16.2. The SMILES string of the molecule is N#Cc1cccc(N2CCCCNCC2=O)c1. The molecule has 1 heterocycles. The van der Waals surface area contributed by atoms with Crippen molar-refractivity contribution in [2.24, 2.45) is 0 Å². The molecule has 0 unspecified atom stereocenters. The Balaban J connectivity index is 2.23. The number of nitriles is 1. The van der Waals surface area contributed by atoms with Gasteiger partial charge in [0.05, 0.1) is 18.2 Å². The molecule has 0 bridgehead atoms. The van der Waals surface area contributed by atoms with Gasteiger partial charge >= 0.3 is 0 Å². The minimum atomic E-state index is 0.0692. The van der Waals surface area contributed by atoms with Crippen LogP contribution >= 0.6 is 0 Å². The van der Waals surface area contributed by atoms with Crippen LogP contribution in [0.15, 0.2) is 24.3 Å². The van der Waals surface area contributed by atoms with Crippen molar-refractivity contribution < 1.29 is 4.79 Å². The number of anilines is 1. The van der Waals surface area contributed by atoms with Crippen molar-refractivity contribution in [3.05, 3.63) is 29.8 Å². The average Bonchev–Trinajstić information content (AvgIpc) is 2.34. The predicted octanol–water partition coefficient (Wildman–Crippen LogP) is 1.27. The highest BCUT2D eigenvalue weighted by Gasteiger charge is 2.16. The predicted molar refractivity (Wildman–Crippen MR) is 65.6 cm³/mol. The van der Waals surface area contributed by atoms with Gasteiger partial charge in [-0.3, -0.25) is 4.79 Å². The second-order valence-electron chi connectivity index (χ2n) is 4.09. The number of nitrogens with zero attached hydrogens (tertiary/aromatic N) is 2. The summed E-state index contributed by atoms with van der Waals surface area (Å²) in [6.45, 7) is 2.00. The molecule has 1 aliphatic rings. The monoisotopic (exact) mass is 229 g/mol. The van der Waals surface area contributed by atoms with Crippen LogP contribution in [-0.2, 0) is 4.79 Å². The van der Waals surface area contributed by atoms with Gasteiger partial charge < -0.3 is 10.2 Å². The minimum Gasteiger partial charge on any atom is -0.311 e. The zero-order valence-electron chi connectivity index (χ0n) is 9.65. The first-order valence-electron chi connectivity index (χ1n) is 5.82. The van der Waals surface area contributed by atoms with E-state index in [1.54, 1.807) is 17.0 Å². The van der Waals surface area contributed by atoms with Gasteiger partial charge in [0.15, 0.2) is 0 Å². The first-order valence-corrected chi connectivity index (χ1v) is 5.82. The van der Waals surface area contributed by atoms with Crippen LogP contribution < -0.4 is 10.2 Å². The molecule has 1 N–H and O–H groups in total. The van der Waals surface area contributed by atoms with Gasteiger partial charge in [-0.05, 0) is 37.6 Å². The number of amides is 1. The largest absolute Gasteiger partial charge is 0.311 e. The van der Waals surface area contributed by atoms with Crippen LogP contribution in [0.3, 0.4) is 0 Å². The molecule has 1 saturated heterocycles. The van der Waals surface area contributed by atoms with E-state index < -0.39 is 0 Å². The standard InChI is InChI=1S/C13H15N3O/c14-9-11-4-3-5-12(8-11)16-7-2-1-6-15-10-13(16)17/h3-5,8,15H,1-2,6-7,10H2. The molecule has 2 rings (SSSR count). The van der Waals surface area contributed by atoms with E-state index in [1.165, 1.54) is 0 Å². The van der Waals surface area contributed by atoms with Crippen molar-refractivity contribution in [1.82, 2.24) is 5.32 Å². The molecule has 17 heavy (non-hydrogen) atoms. The van der Waals surface area contributed by atoms with Gasteiger partial charge in [0.1, 0.15) is 0 Å². The molecule has 1 fully saturated rings. The number of hydrogen-bond acceptors (Lipinski definition) is 3. The highest BCUT2D eigenvalue weighted by molar-refractivity contribution is 5.95. The number of carbonyl (C=O) groups is 1. The summed E-state index contributed by atoms with van der Waals surface area (Å²) in [5.41, 5.74) is 1.41. The number of benzene rings is 1. The summed E-state index contributed by atoms with van der Waals surface area (Å²) in [4.78, 5) is 13.7. The van der Waals surface area contributed by atoms with E-state index in [0.717, 1.165) is 31.6 Å². The lowest BCUT2D eigenvalue weighted by Gasteiger charge is -2.25. The molecule has 88 valence electrons. The molecule has 0 atom stereocenters. The molecule has 1 aromatic carbocycles. The van der Waals surface area contributed by atoms with Crippen molar-refractivity contribution in [1.29, 1.82) is 5.26 Å². The third kappa shape index (κ3) is 2.83. The Kier molecular flexibility index (Phi) is 3.73. The maximum atomic E-state index is 11.9. The van der Waals surface area contributed by atoms with Crippen molar-refractivity contribution in [3.8, 4) is 6.07 Å². The zero-order valence-corrected chi connectivity index (χ0v) is 9.65. The molecule has 0 radical (unpaired) electrons. The second kappa shape index (κ2) is 5.46. The Morgan fingerprint density at radius 2 is 2.24 bits per heavy atom. The normalized spacial score (nSPS) is 17.1. The molecule has 0 aliphatic carbocycles. The lowest BCUT2D eigenvalue weighted by atomic mass is 10.1. The van der Waals surface area contributed by atoms with Crippen LogP contribution in [0, 0.1) is 11.3 Å². The van der Waals surface area contributed by atoms with Gasteiger partial charge in [-0.25, -0.2) is 0 Å². The minimum absolute atomic E-state index is 0.0692. The quantitative estimate of drug-likeness (QED) is 0.789. The molecule has 1 amide bonds. The Morgan fingerprint density at radius 1 is 1.35 bits per heavy atom. The van der Waals surface area contributed by atoms with E-state index in [1.807, 2.05) is 12.1 Å². The van der Waals surface area contributed by atoms with Crippen molar-refractivity contribution in [2.45, 2.75) is 12.8 Å². The maximum absolute atomic E-state index is 11.9. The highest BCUT2D eigenvalue weighted by Crippen LogP contribution is 2.17. The van der Waals surface area contributed by atoms with Crippen molar-refractivity contribution >= 4 is 11.6 Å². The van der Waals surface area contributed by atoms with Gasteiger partial charge in [-0.2, -0.15) is 5.26 Å². The van der Waals surface area contributed by atoms with Gasteiger partial charge in [0.25, 0.3) is 0 Å². The smallest absolute Gasteiger partial charge is 0.240 e. The summed E-state index contributed by atoms with van der Waals surface area (Å²) in [6, 6.07) is 9.29. The number of nitrogens with one attached hydrogen (secondary N) is 1. The van der Waals surface area contributed by atoms with Crippen LogP contribution in [0.1, 0.15) is 18.4 Å². The van der Waals surface area contributed by atoms with E-state index in [-0.39, 0.29) is 5.91 Å². The zero-order chi connectivity index (χ0) is 12.1. The molecular formula is C13H15N3O. The summed E-state index contributed by atoms with van der Waals surface area (Å²) in [6.07, 6.45) is 2.05. The molecule has 0 aromatic heterocycles. The van der Waals surface area contributed by atoms with E-state index in [4.69, 9.17) is 5.26 Å². The van der Waals surface area contributed by atoms with Crippen LogP contribution in [0.25, 0.3) is 0 Å². The van der Waals surface area contributed by atoms with Crippen molar-refractivity contribution in [3.63, 3.8) is 0 Å². The molecule has 0 spiro atoms. The summed E-state index contributed by atoms with van der Waals surface area (Å²) < 4.78 is 0. The van der Waals surface area contributed by atoms with E-state index >= 15 is 0 Å². The van der Waals surface area contributed by atoms with Gasteiger partial charge in [0.2, 0.25) is 5.91 Å². The number of rotatable bonds is 1. The number of hydrogen-bond donors (Lipinski definition) is 1. The maximum Gasteiger partial charge on any atom is 0.240 e. The first kappa shape index (κ1) is 11.6. The fraction of sp³-hybridized carbons (Fsp3) is 0.385. The van der Waals surface area contributed by atoms with E-state index in [0.29, 0.717) is 12.1 Å². The Labute approximate surface area is 101 Å². The summed E-state index contributed by atoms with van der Waals surface area (Å²) in [7, 11) is 0. The molecule has 4 heteroatoms.